The van der Waals surface area contributed by atoms with Crippen LogP contribution < -0.4 is 5.32 Å². The number of rotatable bonds is 3. The summed E-state index contributed by atoms with van der Waals surface area (Å²) in [6, 6.07) is -0.414. The average Bonchev–Trinajstić information content (AvgIpc) is 2.84. The summed E-state index contributed by atoms with van der Waals surface area (Å²) in [7, 11) is 0. The summed E-state index contributed by atoms with van der Waals surface area (Å²) >= 11 is 1.25. The molecule has 2 N–H and O–H groups in total. The van der Waals surface area contributed by atoms with Gasteiger partial charge in [0.25, 0.3) is 0 Å². The van der Waals surface area contributed by atoms with E-state index in [2.05, 4.69) is 5.32 Å². The first-order valence-corrected chi connectivity index (χ1v) is 8.26. The Morgan fingerprint density at radius 1 is 1.05 bits per heavy atom. The van der Waals surface area contributed by atoms with E-state index in [-0.39, 0.29) is 22.9 Å². The summed E-state index contributed by atoms with van der Waals surface area (Å²) in [6.07, 6.45) is 4.39. The van der Waals surface area contributed by atoms with Gasteiger partial charge < -0.3 is 10.4 Å². The Morgan fingerprint density at radius 2 is 1.65 bits per heavy atom. The third-order valence-electron chi connectivity index (χ3n) is 5.06. The van der Waals surface area contributed by atoms with Crippen LogP contribution in [-0.2, 0) is 14.4 Å². The van der Waals surface area contributed by atoms with Crippen LogP contribution in [-0.4, -0.2) is 33.9 Å². The molecule has 5 nitrogen and oxygen atoms in total. The highest BCUT2D eigenvalue weighted by Gasteiger charge is 2.50. The van der Waals surface area contributed by atoms with Crippen LogP contribution in [0.15, 0.2) is 0 Å². The van der Waals surface area contributed by atoms with E-state index in [0.717, 1.165) is 31.4 Å². The second-order valence-electron chi connectivity index (χ2n) is 6.08. The van der Waals surface area contributed by atoms with Crippen molar-refractivity contribution in [3.63, 3.8) is 0 Å². The Kier molecular flexibility index (Phi) is 3.75. The minimum atomic E-state index is -0.855. The van der Waals surface area contributed by atoms with E-state index < -0.39 is 23.8 Å². The highest BCUT2D eigenvalue weighted by Crippen LogP contribution is 2.49. The molecule has 3 aliphatic carbocycles. The van der Waals surface area contributed by atoms with Crippen molar-refractivity contribution in [3.8, 4) is 0 Å². The molecule has 2 bridgehead atoms. The average molecular weight is 297 g/mol. The monoisotopic (exact) mass is 297 g/mol. The highest BCUT2D eigenvalue weighted by atomic mass is 32.2. The zero-order chi connectivity index (χ0) is 14.3. The maximum absolute atomic E-state index is 12.5. The summed E-state index contributed by atoms with van der Waals surface area (Å²) in [5.41, 5.74) is 0. The normalized spacial score (nSPS) is 39.8. The first-order valence-electron chi connectivity index (χ1n) is 7.27. The van der Waals surface area contributed by atoms with Gasteiger partial charge in [-0.15, -0.1) is 0 Å². The molecule has 0 aromatic carbocycles. The lowest BCUT2D eigenvalue weighted by Crippen LogP contribution is -2.53. The predicted molar refractivity (Wildman–Crippen MR) is 74.1 cm³/mol. The van der Waals surface area contributed by atoms with E-state index in [1.54, 1.807) is 0 Å². The lowest BCUT2D eigenvalue weighted by Gasteiger charge is -2.46. The fraction of sp³-hybridized carbons (Fsp3) is 0.786. The number of fused-ring (bicyclic) bond motifs is 3. The van der Waals surface area contributed by atoms with Crippen molar-refractivity contribution in [2.24, 2.45) is 23.7 Å². The fourth-order valence-corrected chi connectivity index (χ4v) is 5.01. The van der Waals surface area contributed by atoms with Crippen molar-refractivity contribution in [2.75, 3.05) is 5.75 Å². The SMILES string of the molecule is O=C1SCC[C@@H]1NC(=O)[C@H]1C2CCC(CC2)[C@H]1C(=O)O. The van der Waals surface area contributed by atoms with Crippen molar-refractivity contribution in [1.29, 1.82) is 0 Å². The van der Waals surface area contributed by atoms with Gasteiger partial charge in [0, 0.05) is 5.75 Å². The van der Waals surface area contributed by atoms with Gasteiger partial charge in [-0.3, -0.25) is 14.4 Å². The number of nitrogens with one attached hydrogen (secondary N) is 1. The molecule has 4 rings (SSSR count). The van der Waals surface area contributed by atoms with Gasteiger partial charge in [0.2, 0.25) is 11.0 Å². The van der Waals surface area contributed by atoms with Crippen LogP contribution in [0.2, 0.25) is 0 Å². The van der Waals surface area contributed by atoms with Crippen LogP contribution in [0.25, 0.3) is 0 Å². The Bertz CT molecular complexity index is 444. The molecule has 0 spiro atoms. The van der Waals surface area contributed by atoms with Crippen molar-refractivity contribution in [2.45, 2.75) is 38.1 Å². The highest BCUT2D eigenvalue weighted by molar-refractivity contribution is 8.14. The lowest BCUT2D eigenvalue weighted by atomic mass is 9.58. The van der Waals surface area contributed by atoms with Crippen molar-refractivity contribution in [3.05, 3.63) is 0 Å². The molecule has 1 heterocycles. The first-order chi connectivity index (χ1) is 9.58. The zero-order valence-electron chi connectivity index (χ0n) is 11.2. The van der Waals surface area contributed by atoms with Crippen LogP contribution in [0, 0.1) is 23.7 Å². The second-order valence-corrected chi connectivity index (χ2v) is 7.18. The molecule has 3 saturated carbocycles. The molecule has 3 atom stereocenters. The van der Waals surface area contributed by atoms with Crippen molar-refractivity contribution in [1.82, 2.24) is 5.32 Å². The lowest BCUT2D eigenvalue weighted by molar-refractivity contribution is -0.158. The first kappa shape index (κ1) is 13.9. The van der Waals surface area contributed by atoms with E-state index in [1.807, 2.05) is 0 Å². The summed E-state index contributed by atoms with van der Waals surface area (Å²) < 4.78 is 0. The molecule has 1 saturated heterocycles. The summed E-state index contributed by atoms with van der Waals surface area (Å²) in [5.74, 6) is -1.04. The molecular formula is C14H19NO4S. The van der Waals surface area contributed by atoms with Gasteiger partial charge in [-0.2, -0.15) is 0 Å². The number of amides is 1. The molecule has 20 heavy (non-hydrogen) atoms. The molecule has 1 amide bonds. The van der Waals surface area contributed by atoms with Gasteiger partial charge in [0.05, 0.1) is 17.9 Å². The molecule has 0 radical (unpaired) electrons. The van der Waals surface area contributed by atoms with Gasteiger partial charge >= 0.3 is 5.97 Å². The van der Waals surface area contributed by atoms with Crippen LogP contribution in [0.3, 0.4) is 0 Å². The fourth-order valence-electron chi connectivity index (χ4n) is 4.08. The maximum Gasteiger partial charge on any atom is 0.307 e. The molecule has 4 aliphatic rings. The molecule has 110 valence electrons. The molecule has 1 aliphatic heterocycles. The van der Waals surface area contributed by atoms with Gasteiger partial charge in [-0.05, 0) is 43.9 Å². The van der Waals surface area contributed by atoms with Crippen molar-refractivity contribution < 1.29 is 19.5 Å². The molecule has 6 heteroatoms. The minimum Gasteiger partial charge on any atom is -0.481 e. The standard InChI is InChI=1S/C14H19NO4S/c16-12(15-9-5-6-20-14(9)19)10-7-1-3-8(4-2-7)11(10)13(17)18/h7-11H,1-6H2,(H,15,16)(H,17,18)/t7?,8?,9-,10-,11+/m0/s1. The zero-order valence-corrected chi connectivity index (χ0v) is 12.0. The summed E-state index contributed by atoms with van der Waals surface area (Å²) in [6.45, 7) is 0. The van der Waals surface area contributed by atoms with E-state index >= 15 is 0 Å². The number of carboxylic acids is 1. The van der Waals surface area contributed by atoms with Crippen molar-refractivity contribution >= 4 is 28.8 Å². The number of hydrogen-bond donors (Lipinski definition) is 2. The number of thioether (sulfide) groups is 1. The number of aliphatic carboxylic acids is 1. The largest absolute Gasteiger partial charge is 0.481 e. The molecule has 0 aromatic rings. The smallest absolute Gasteiger partial charge is 0.307 e. The summed E-state index contributed by atoms with van der Waals surface area (Å²) in [4.78, 5) is 35.6. The Morgan fingerprint density at radius 3 is 2.15 bits per heavy atom. The van der Waals surface area contributed by atoms with Gasteiger partial charge in [0.1, 0.15) is 0 Å². The van der Waals surface area contributed by atoms with Gasteiger partial charge in [-0.1, -0.05) is 11.8 Å². The topological polar surface area (TPSA) is 83.5 Å². The van der Waals surface area contributed by atoms with Gasteiger partial charge in [-0.25, -0.2) is 0 Å². The molecule has 0 unspecified atom stereocenters. The molecule has 4 fully saturated rings. The van der Waals surface area contributed by atoms with Crippen LogP contribution in [0.4, 0.5) is 0 Å². The van der Waals surface area contributed by atoms with E-state index in [1.165, 1.54) is 11.8 Å². The van der Waals surface area contributed by atoms with Crippen LogP contribution in [0.1, 0.15) is 32.1 Å². The number of hydrogen-bond acceptors (Lipinski definition) is 4. The third-order valence-corrected chi connectivity index (χ3v) is 6.07. The predicted octanol–water partition coefficient (Wildman–Crippen LogP) is 1.27. The second kappa shape index (κ2) is 5.39. The third kappa shape index (κ3) is 2.34. The van der Waals surface area contributed by atoms with E-state index in [9.17, 15) is 19.5 Å². The Balaban J connectivity index is 1.74. The minimum absolute atomic E-state index is 0.00574. The summed E-state index contributed by atoms with van der Waals surface area (Å²) in [5, 5.41) is 12.2. The number of carbonyl (C=O) groups is 3. The Labute approximate surface area is 121 Å². The number of carbonyl (C=O) groups excluding carboxylic acids is 2. The van der Waals surface area contributed by atoms with E-state index in [4.69, 9.17) is 0 Å². The van der Waals surface area contributed by atoms with Crippen LogP contribution in [0.5, 0.6) is 0 Å². The van der Waals surface area contributed by atoms with E-state index in [0.29, 0.717) is 6.42 Å². The quantitative estimate of drug-likeness (QED) is 0.819. The molecular weight excluding hydrogens is 278 g/mol. The number of carboxylic acid groups (broad SMARTS) is 1. The molecule has 0 aromatic heterocycles. The maximum atomic E-state index is 12.5. The van der Waals surface area contributed by atoms with Gasteiger partial charge in [0.15, 0.2) is 0 Å². The Hall–Kier alpha value is -1.04. The van der Waals surface area contributed by atoms with Crippen LogP contribution >= 0.6 is 11.8 Å².